The van der Waals surface area contributed by atoms with Crippen LogP contribution in [0.2, 0.25) is 0 Å². The minimum Gasteiger partial charge on any atom is -0.497 e. The van der Waals surface area contributed by atoms with Crippen LogP contribution >= 0.6 is 0 Å². The lowest BCUT2D eigenvalue weighted by molar-refractivity contribution is 0.395. The van der Waals surface area contributed by atoms with Crippen LogP contribution in [0.4, 0.5) is 0 Å². The molecule has 17 heavy (non-hydrogen) atoms. The fourth-order valence-electron chi connectivity index (χ4n) is 1.56. The molecule has 0 aliphatic carbocycles. The van der Waals surface area contributed by atoms with Crippen LogP contribution in [0.25, 0.3) is 11.4 Å². The molecule has 0 spiro atoms. The molecule has 2 rings (SSSR count). The first-order chi connectivity index (χ1) is 8.28. The molecular formula is C12H15N3O2. The van der Waals surface area contributed by atoms with Crippen molar-refractivity contribution in [2.45, 2.75) is 13.3 Å². The Kier molecular flexibility index (Phi) is 3.27. The van der Waals surface area contributed by atoms with Gasteiger partial charge in [0.25, 0.3) is 0 Å². The highest BCUT2D eigenvalue weighted by Gasteiger charge is 2.11. The van der Waals surface area contributed by atoms with E-state index in [2.05, 4.69) is 15.2 Å². The van der Waals surface area contributed by atoms with E-state index in [1.165, 1.54) is 0 Å². The van der Waals surface area contributed by atoms with Gasteiger partial charge in [-0.2, -0.15) is 5.10 Å². The van der Waals surface area contributed by atoms with E-state index < -0.39 is 0 Å². The second-order valence-corrected chi connectivity index (χ2v) is 3.53. The summed E-state index contributed by atoms with van der Waals surface area (Å²) in [5.41, 5.74) is 0.851. The summed E-state index contributed by atoms with van der Waals surface area (Å²) in [6.45, 7) is 2.02. The zero-order chi connectivity index (χ0) is 12.3. The number of aromatic nitrogens is 3. The maximum Gasteiger partial charge on any atom is 0.184 e. The molecule has 1 N–H and O–H groups in total. The zero-order valence-corrected chi connectivity index (χ0v) is 10.2. The highest BCUT2D eigenvalue weighted by atomic mass is 16.5. The van der Waals surface area contributed by atoms with Gasteiger partial charge in [-0.25, -0.2) is 4.98 Å². The summed E-state index contributed by atoms with van der Waals surface area (Å²) >= 11 is 0. The maximum atomic E-state index is 5.31. The zero-order valence-electron chi connectivity index (χ0n) is 10.2. The normalized spacial score (nSPS) is 10.3. The fraction of sp³-hybridized carbons (Fsp3) is 0.333. The van der Waals surface area contributed by atoms with E-state index >= 15 is 0 Å². The Morgan fingerprint density at radius 1 is 1.24 bits per heavy atom. The number of H-pyrrole nitrogens is 1. The number of aromatic amines is 1. The SMILES string of the molecule is CCc1nc(-c2ccc(OC)cc2OC)n[nH]1. The minimum absolute atomic E-state index is 0.640. The van der Waals surface area contributed by atoms with Crippen LogP contribution in [-0.4, -0.2) is 29.4 Å². The highest BCUT2D eigenvalue weighted by Crippen LogP contribution is 2.31. The van der Waals surface area contributed by atoms with Crippen molar-refractivity contribution in [1.82, 2.24) is 15.2 Å². The van der Waals surface area contributed by atoms with E-state index in [4.69, 9.17) is 9.47 Å². The van der Waals surface area contributed by atoms with Crippen molar-refractivity contribution in [2.75, 3.05) is 14.2 Å². The average molecular weight is 233 g/mol. The lowest BCUT2D eigenvalue weighted by atomic mass is 10.2. The summed E-state index contributed by atoms with van der Waals surface area (Å²) in [6, 6.07) is 5.57. The lowest BCUT2D eigenvalue weighted by Gasteiger charge is -2.07. The smallest absolute Gasteiger partial charge is 0.184 e. The molecule has 0 atom stereocenters. The van der Waals surface area contributed by atoms with Crippen molar-refractivity contribution in [3.05, 3.63) is 24.0 Å². The van der Waals surface area contributed by atoms with Crippen LogP contribution in [0.15, 0.2) is 18.2 Å². The summed E-state index contributed by atoms with van der Waals surface area (Å²) in [5.74, 6) is 2.95. The molecule has 0 aliphatic rings. The fourth-order valence-corrected chi connectivity index (χ4v) is 1.56. The molecule has 0 bridgehead atoms. The molecule has 5 heteroatoms. The number of hydrogen-bond donors (Lipinski definition) is 1. The van der Waals surface area contributed by atoms with E-state index in [9.17, 15) is 0 Å². The number of aryl methyl sites for hydroxylation is 1. The van der Waals surface area contributed by atoms with Gasteiger partial charge in [-0.05, 0) is 12.1 Å². The summed E-state index contributed by atoms with van der Waals surface area (Å²) < 4.78 is 10.5. The van der Waals surface area contributed by atoms with Crippen LogP contribution in [0, 0.1) is 0 Å². The van der Waals surface area contributed by atoms with Crippen LogP contribution in [0.3, 0.4) is 0 Å². The van der Waals surface area contributed by atoms with Gasteiger partial charge in [0.05, 0.1) is 19.8 Å². The predicted octanol–water partition coefficient (Wildman–Crippen LogP) is 2.05. The molecule has 0 aliphatic heterocycles. The Morgan fingerprint density at radius 3 is 2.65 bits per heavy atom. The highest BCUT2D eigenvalue weighted by molar-refractivity contribution is 5.65. The van der Waals surface area contributed by atoms with Crippen LogP contribution < -0.4 is 9.47 Å². The molecule has 1 aromatic heterocycles. The van der Waals surface area contributed by atoms with Crippen LogP contribution in [-0.2, 0) is 6.42 Å². The molecule has 90 valence electrons. The van der Waals surface area contributed by atoms with Gasteiger partial charge in [-0.3, -0.25) is 5.10 Å². The average Bonchev–Trinajstić information content (AvgIpc) is 2.86. The van der Waals surface area contributed by atoms with Crippen LogP contribution in [0.5, 0.6) is 11.5 Å². The van der Waals surface area contributed by atoms with Gasteiger partial charge in [0.2, 0.25) is 0 Å². The third-order valence-electron chi connectivity index (χ3n) is 2.52. The predicted molar refractivity (Wildman–Crippen MR) is 64.3 cm³/mol. The Bertz CT molecular complexity index is 508. The van der Waals surface area contributed by atoms with E-state index in [1.54, 1.807) is 14.2 Å². The molecule has 0 radical (unpaired) electrons. The van der Waals surface area contributed by atoms with Crippen LogP contribution in [0.1, 0.15) is 12.7 Å². The largest absolute Gasteiger partial charge is 0.497 e. The molecule has 1 heterocycles. The number of nitrogens with one attached hydrogen (secondary N) is 1. The van der Waals surface area contributed by atoms with Gasteiger partial charge >= 0.3 is 0 Å². The number of nitrogens with zero attached hydrogens (tertiary/aromatic N) is 2. The van der Waals surface area contributed by atoms with Gasteiger partial charge in [0.1, 0.15) is 17.3 Å². The molecule has 0 saturated heterocycles. The van der Waals surface area contributed by atoms with Crippen molar-refractivity contribution in [3.8, 4) is 22.9 Å². The molecule has 0 fully saturated rings. The molecule has 0 saturated carbocycles. The quantitative estimate of drug-likeness (QED) is 0.878. The lowest BCUT2D eigenvalue weighted by Crippen LogP contribution is -1.91. The number of hydrogen-bond acceptors (Lipinski definition) is 4. The molecule has 2 aromatic rings. The molecular weight excluding hydrogens is 218 g/mol. The van der Waals surface area contributed by atoms with Crippen molar-refractivity contribution < 1.29 is 9.47 Å². The maximum absolute atomic E-state index is 5.31. The monoisotopic (exact) mass is 233 g/mol. The summed E-state index contributed by atoms with van der Waals surface area (Å²) in [5, 5.41) is 7.05. The Balaban J connectivity index is 2.43. The van der Waals surface area contributed by atoms with Gasteiger partial charge in [0, 0.05) is 12.5 Å². The molecule has 0 unspecified atom stereocenters. The third kappa shape index (κ3) is 2.22. The van der Waals surface area contributed by atoms with E-state index in [-0.39, 0.29) is 0 Å². The number of rotatable bonds is 4. The summed E-state index contributed by atoms with van der Waals surface area (Å²) in [6.07, 6.45) is 0.825. The first-order valence-electron chi connectivity index (χ1n) is 5.42. The summed E-state index contributed by atoms with van der Waals surface area (Å²) in [4.78, 5) is 4.38. The van der Waals surface area contributed by atoms with E-state index in [0.717, 1.165) is 23.6 Å². The van der Waals surface area contributed by atoms with Crippen molar-refractivity contribution in [3.63, 3.8) is 0 Å². The van der Waals surface area contributed by atoms with Gasteiger partial charge in [-0.1, -0.05) is 6.92 Å². The Hall–Kier alpha value is -2.04. The second-order valence-electron chi connectivity index (χ2n) is 3.53. The number of ether oxygens (including phenoxy) is 2. The standard InChI is InChI=1S/C12H15N3O2/c1-4-11-13-12(15-14-11)9-6-5-8(16-2)7-10(9)17-3/h5-7H,4H2,1-3H3,(H,13,14,15). The van der Waals surface area contributed by atoms with Gasteiger partial charge < -0.3 is 9.47 Å². The minimum atomic E-state index is 0.640. The first kappa shape index (κ1) is 11.4. The molecule has 1 aromatic carbocycles. The van der Waals surface area contributed by atoms with Crippen molar-refractivity contribution >= 4 is 0 Å². The van der Waals surface area contributed by atoms with E-state index in [0.29, 0.717) is 11.6 Å². The van der Waals surface area contributed by atoms with Crippen molar-refractivity contribution in [2.24, 2.45) is 0 Å². The third-order valence-corrected chi connectivity index (χ3v) is 2.52. The molecule has 5 nitrogen and oxygen atoms in total. The Morgan fingerprint density at radius 2 is 2.06 bits per heavy atom. The Labute approximate surface area is 99.8 Å². The van der Waals surface area contributed by atoms with E-state index in [1.807, 2.05) is 25.1 Å². The first-order valence-corrected chi connectivity index (χ1v) is 5.42. The van der Waals surface area contributed by atoms with Gasteiger partial charge in [-0.15, -0.1) is 0 Å². The van der Waals surface area contributed by atoms with Gasteiger partial charge in [0.15, 0.2) is 5.82 Å². The topological polar surface area (TPSA) is 60.0 Å². The van der Waals surface area contributed by atoms with Crippen molar-refractivity contribution in [1.29, 1.82) is 0 Å². The second kappa shape index (κ2) is 4.86. The molecule has 0 amide bonds. The number of methoxy groups -OCH3 is 2. The summed E-state index contributed by atoms with van der Waals surface area (Å²) in [7, 11) is 3.24. The number of benzene rings is 1.